The van der Waals surface area contributed by atoms with E-state index >= 15 is 0 Å². The number of likely N-dealkylation sites (tertiary alicyclic amines) is 1. The van der Waals surface area contributed by atoms with Crippen molar-refractivity contribution in [3.63, 3.8) is 0 Å². The smallest absolute Gasteiger partial charge is 0.0252 e. The van der Waals surface area contributed by atoms with Gasteiger partial charge in [-0.25, -0.2) is 0 Å². The van der Waals surface area contributed by atoms with E-state index in [2.05, 4.69) is 18.7 Å². The van der Waals surface area contributed by atoms with E-state index in [0.29, 0.717) is 17.5 Å². The summed E-state index contributed by atoms with van der Waals surface area (Å²) >= 11 is 0. The van der Waals surface area contributed by atoms with Crippen LogP contribution in [-0.4, -0.2) is 30.1 Å². The average Bonchev–Trinajstić information content (AvgIpc) is 2.44. The van der Waals surface area contributed by atoms with Gasteiger partial charge in [0, 0.05) is 12.1 Å². The summed E-state index contributed by atoms with van der Waals surface area (Å²) < 4.78 is 0. The van der Waals surface area contributed by atoms with Crippen molar-refractivity contribution in [2.75, 3.05) is 13.1 Å². The fourth-order valence-electron chi connectivity index (χ4n) is 5.18. The molecule has 3 rings (SSSR count). The summed E-state index contributed by atoms with van der Waals surface area (Å²) in [5.41, 5.74) is 7.68. The Labute approximate surface area is 125 Å². The molecule has 0 radical (unpaired) electrons. The van der Waals surface area contributed by atoms with Gasteiger partial charge in [-0.15, -0.1) is 0 Å². The molecule has 2 nitrogen and oxygen atoms in total. The zero-order valence-corrected chi connectivity index (χ0v) is 13.7. The van der Waals surface area contributed by atoms with Crippen LogP contribution in [0.2, 0.25) is 0 Å². The van der Waals surface area contributed by atoms with Gasteiger partial charge >= 0.3 is 0 Å². The predicted octanol–water partition coefficient (Wildman–Crippen LogP) is 3.94. The Kier molecular flexibility index (Phi) is 4.16. The van der Waals surface area contributed by atoms with Gasteiger partial charge in [0.05, 0.1) is 0 Å². The number of hydrogen-bond acceptors (Lipinski definition) is 2. The van der Waals surface area contributed by atoms with Crippen molar-refractivity contribution >= 4 is 0 Å². The molecule has 116 valence electrons. The highest BCUT2D eigenvalue weighted by atomic mass is 15.2. The second-order valence-electron chi connectivity index (χ2n) is 8.57. The Morgan fingerprint density at radius 3 is 2.15 bits per heavy atom. The van der Waals surface area contributed by atoms with Crippen molar-refractivity contribution in [3.8, 4) is 0 Å². The molecular weight excluding hydrogens is 244 g/mol. The van der Waals surface area contributed by atoms with E-state index in [9.17, 15) is 0 Å². The number of nitrogens with two attached hydrogens (primary N) is 1. The van der Waals surface area contributed by atoms with Crippen LogP contribution in [-0.2, 0) is 0 Å². The standard InChI is InChI=1S/C18H34N2/c1-17(2)8-6-7-15(16(17)19)20-13-11-18(12-14-20)9-4-3-5-10-18/h15-16H,3-14,19H2,1-2H3. The molecule has 1 aliphatic heterocycles. The summed E-state index contributed by atoms with van der Waals surface area (Å²) in [7, 11) is 0. The molecule has 20 heavy (non-hydrogen) atoms. The normalized spacial score (nSPS) is 38.0. The Bertz CT molecular complexity index is 320. The third-order valence-corrected chi connectivity index (χ3v) is 6.88. The molecule has 1 heterocycles. The summed E-state index contributed by atoms with van der Waals surface area (Å²) in [5, 5.41) is 0. The molecule has 2 unspecified atom stereocenters. The summed E-state index contributed by atoms with van der Waals surface area (Å²) in [5.74, 6) is 0. The van der Waals surface area contributed by atoms with Crippen molar-refractivity contribution in [3.05, 3.63) is 0 Å². The van der Waals surface area contributed by atoms with Gasteiger partial charge in [-0.1, -0.05) is 39.5 Å². The van der Waals surface area contributed by atoms with Crippen LogP contribution in [0.5, 0.6) is 0 Å². The summed E-state index contributed by atoms with van der Waals surface area (Å²) in [6.45, 7) is 7.37. The van der Waals surface area contributed by atoms with Gasteiger partial charge < -0.3 is 5.73 Å². The first-order valence-corrected chi connectivity index (χ1v) is 9.02. The van der Waals surface area contributed by atoms with Gasteiger partial charge in [0.1, 0.15) is 0 Å². The maximum atomic E-state index is 6.62. The van der Waals surface area contributed by atoms with Crippen molar-refractivity contribution in [1.29, 1.82) is 0 Å². The molecular formula is C18H34N2. The number of nitrogens with zero attached hydrogens (tertiary/aromatic N) is 1. The third-order valence-electron chi connectivity index (χ3n) is 6.88. The molecule has 2 atom stereocenters. The highest BCUT2D eigenvalue weighted by Crippen LogP contribution is 2.46. The fourth-order valence-corrected chi connectivity index (χ4v) is 5.18. The lowest BCUT2D eigenvalue weighted by molar-refractivity contribution is 0.00601. The van der Waals surface area contributed by atoms with Gasteiger partial charge in [-0.2, -0.15) is 0 Å². The van der Waals surface area contributed by atoms with E-state index in [1.54, 1.807) is 0 Å². The molecule has 3 fully saturated rings. The minimum atomic E-state index is 0.336. The molecule has 3 aliphatic rings. The van der Waals surface area contributed by atoms with E-state index in [4.69, 9.17) is 5.73 Å². The van der Waals surface area contributed by atoms with E-state index < -0.39 is 0 Å². The fraction of sp³-hybridized carbons (Fsp3) is 1.00. The Morgan fingerprint density at radius 2 is 1.50 bits per heavy atom. The molecule has 0 aromatic rings. The highest BCUT2D eigenvalue weighted by Gasteiger charge is 2.42. The van der Waals surface area contributed by atoms with Crippen molar-refractivity contribution in [1.82, 2.24) is 4.90 Å². The molecule has 0 aromatic heterocycles. The zero-order chi connectivity index (χ0) is 14.2. The molecule has 0 amide bonds. The summed E-state index contributed by atoms with van der Waals surface area (Å²) in [4.78, 5) is 2.76. The minimum absolute atomic E-state index is 0.336. The summed E-state index contributed by atoms with van der Waals surface area (Å²) in [6, 6.07) is 1.02. The second kappa shape index (κ2) is 5.61. The largest absolute Gasteiger partial charge is 0.326 e. The second-order valence-corrected chi connectivity index (χ2v) is 8.57. The summed E-state index contributed by atoms with van der Waals surface area (Å²) in [6.07, 6.45) is 14.3. The number of rotatable bonds is 1. The third kappa shape index (κ3) is 2.78. The van der Waals surface area contributed by atoms with Gasteiger partial charge in [0.2, 0.25) is 0 Å². The first-order chi connectivity index (χ1) is 9.53. The number of hydrogen-bond donors (Lipinski definition) is 1. The zero-order valence-electron chi connectivity index (χ0n) is 13.7. The van der Waals surface area contributed by atoms with Gasteiger partial charge in [-0.05, 0) is 62.4 Å². The molecule has 1 spiro atoms. The van der Waals surface area contributed by atoms with E-state index in [1.807, 2.05) is 0 Å². The molecule has 2 heteroatoms. The topological polar surface area (TPSA) is 29.3 Å². The first-order valence-electron chi connectivity index (χ1n) is 9.02. The maximum Gasteiger partial charge on any atom is 0.0252 e. The lowest BCUT2D eigenvalue weighted by Crippen LogP contribution is -2.59. The van der Waals surface area contributed by atoms with Gasteiger partial charge in [0.25, 0.3) is 0 Å². The lowest BCUT2D eigenvalue weighted by atomic mass is 9.66. The molecule has 1 saturated heterocycles. The molecule has 2 N–H and O–H groups in total. The van der Waals surface area contributed by atoms with Gasteiger partial charge in [0.15, 0.2) is 0 Å². The van der Waals surface area contributed by atoms with Crippen LogP contribution in [0.4, 0.5) is 0 Å². The van der Waals surface area contributed by atoms with Crippen LogP contribution >= 0.6 is 0 Å². The van der Waals surface area contributed by atoms with Crippen LogP contribution in [0.3, 0.4) is 0 Å². The predicted molar refractivity (Wildman–Crippen MR) is 85.7 cm³/mol. The Hall–Kier alpha value is -0.0800. The molecule has 2 saturated carbocycles. The van der Waals surface area contributed by atoms with Crippen LogP contribution in [0.25, 0.3) is 0 Å². The van der Waals surface area contributed by atoms with E-state index in [-0.39, 0.29) is 0 Å². The van der Waals surface area contributed by atoms with E-state index in [1.165, 1.54) is 77.3 Å². The van der Waals surface area contributed by atoms with Gasteiger partial charge in [-0.3, -0.25) is 4.90 Å². The molecule has 2 aliphatic carbocycles. The maximum absolute atomic E-state index is 6.62. The first kappa shape index (κ1) is 14.8. The van der Waals surface area contributed by atoms with Crippen molar-refractivity contribution in [2.45, 2.75) is 90.1 Å². The van der Waals surface area contributed by atoms with E-state index in [0.717, 1.165) is 5.41 Å². The molecule has 0 aromatic carbocycles. The average molecular weight is 278 g/mol. The minimum Gasteiger partial charge on any atom is -0.326 e. The number of piperidine rings is 1. The van der Waals surface area contributed by atoms with Crippen LogP contribution in [0.15, 0.2) is 0 Å². The van der Waals surface area contributed by atoms with Crippen LogP contribution in [0.1, 0.15) is 78.1 Å². The highest BCUT2D eigenvalue weighted by molar-refractivity contribution is 4.98. The Morgan fingerprint density at radius 1 is 0.850 bits per heavy atom. The van der Waals surface area contributed by atoms with Crippen LogP contribution in [0, 0.1) is 10.8 Å². The quantitative estimate of drug-likeness (QED) is 0.787. The Balaban J connectivity index is 1.60. The molecule has 0 bridgehead atoms. The SMILES string of the molecule is CC1(C)CCCC(N2CCC3(CCCCC3)CC2)C1N. The van der Waals surface area contributed by atoms with Crippen molar-refractivity contribution in [2.24, 2.45) is 16.6 Å². The van der Waals surface area contributed by atoms with Crippen LogP contribution < -0.4 is 5.73 Å². The van der Waals surface area contributed by atoms with Crippen molar-refractivity contribution < 1.29 is 0 Å². The lowest BCUT2D eigenvalue weighted by Gasteiger charge is -2.51. The monoisotopic (exact) mass is 278 g/mol.